The third-order valence-electron chi connectivity index (χ3n) is 12.4. The highest BCUT2D eigenvalue weighted by molar-refractivity contribution is 6.81. The van der Waals surface area contributed by atoms with Crippen LogP contribution in [-0.4, -0.2) is 8.07 Å². The monoisotopic (exact) mass is 721 g/mol. The molecule has 0 fully saturated rings. The van der Waals surface area contributed by atoms with Gasteiger partial charge in [0.25, 0.3) is 0 Å². The Balaban J connectivity index is 1.51. The van der Waals surface area contributed by atoms with Crippen LogP contribution in [0.1, 0.15) is 164 Å². The summed E-state index contributed by atoms with van der Waals surface area (Å²) in [6, 6.07) is 24.8. The van der Waals surface area contributed by atoms with Gasteiger partial charge in [-0.1, -0.05) is 191 Å². The molecule has 0 N–H and O–H groups in total. The van der Waals surface area contributed by atoms with E-state index < -0.39 is 8.07 Å². The first-order valence-corrected chi connectivity index (χ1v) is 23.3. The Kier molecular flexibility index (Phi) is 9.51. The second kappa shape index (κ2) is 12.8. The van der Waals surface area contributed by atoms with Crippen molar-refractivity contribution in [1.29, 1.82) is 0 Å². The van der Waals surface area contributed by atoms with Crippen LogP contribution in [0.15, 0.2) is 71.8 Å². The zero-order valence-electron chi connectivity index (χ0n) is 36.6. The Morgan fingerprint density at radius 1 is 0.396 bits per heavy atom. The molecule has 0 spiro atoms. The van der Waals surface area contributed by atoms with E-state index in [9.17, 15) is 0 Å². The van der Waals surface area contributed by atoms with Gasteiger partial charge in [-0.3, -0.25) is 0 Å². The van der Waals surface area contributed by atoms with Crippen molar-refractivity contribution in [2.45, 2.75) is 157 Å². The van der Waals surface area contributed by atoms with Crippen LogP contribution in [0.2, 0.25) is 13.1 Å². The van der Waals surface area contributed by atoms with Crippen molar-refractivity contribution < 1.29 is 0 Å². The highest BCUT2D eigenvalue weighted by Crippen LogP contribution is 2.55. The van der Waals surface area contributed by atoms with Crippen LogP contribution in [-0.2, 0) is 21.7 Å². The number of fused-ring (bicyclic) bond motifs is 2. The maximum absolute atomic E-state index is 2.68. The largest absolute Gasteiger partial charge is 0.0722 e. The summed E-state index contributed by atoms with van der Waals surface area (Å²) in [7, 11) is -2.06. The standard InChI is InChI=1S/C52H68Si/c1-31-19-41(35-25-37(49(5,6)7)29-38(26-35)50(8,9)10)43-23-33(3)47(45(43)21-31)53(17,18)48-34(4)24-44-42(20-32(2)22-46(44)48)36-27-39(51(11,12)13)30-40(28-36)52(14,15)16/h19-30,47-48H,1-18H3. The van der Waals surface area contributed by atoms with Crippen LogP contribution < -0.4 is 0 Å². The molecule has 0 nitrogen and oxygen atoms in total. The first-order valence-electron chi connectivity index (χ1n) is 20.2. The van der Waals surface area contributed by atoms with Gasteiger partial charge in [-0.2, -0.15) is 0 Å². The molecule has 0 saturated heterocycles. The summed E-state index contributed by atoms with van der Waals surface area (Å²) in [5.41, 5.74) is 24.2. The number of aryl methyl sites for hydroxylation is 2. The molecule has 53 heavy (non-hydrogen) atoms. The average Bonchev–Trinajstić information content (AvgIpc) is 3.53. The van der Waals surface area contributed by atoms with Crippen LogP contribution in [0, 0.1) is 13.8 Å². The average molecular weight is 721 g/mol. The normalized spacial score (nSPS) is 17.8. The molecule has 0 bridgehead atoms. The molecule has 2 atom stereocenters. The quantitative estimate of drug-likeness (QED) is 0.184. The van der Waals surface area contributed by atoms with Gasteiger partial charge in [0.2, 0.25) is 0 Å². The lowest BCUT2D eigenvalue weighted by Crippen LogP contribution is -2.42. The minimum absolute atomic E-state index is 0.0747. The van der Waals surface area contributed by atoms with E-state index in [1.165, 1.54) is 77.9 Å². The van der Waals surface area contributed by atoms with Crippen LogP contribution in [0.5, 0.6) is 0 Å². The molecule has 2 unspecified atom stereocenters. The molecule has 280 valence electrons. The van der Waals surface area contributed by atoms with Gasteiger partial charge >= 0.3 is 0 Å². The van der Waals surface area contributed by atoms with E-state index in [1.807, 2.05) is 0 Å². The summed E-state index contributed by atoms with van der Waals surface area (Å²) < 4.78 is 0. The lowest BCUT2D eigenvalue weighted by molar-refractivity contribution is 0.568. The third kappa shape index (κ3) is 7.25. The maximum atomic E-state index is 2.68. The van der Waals surface area contributed by atoms with Crippen molar-refractivity contribution in [2.24, 2.45) is 0 Å². The molecule has 0 amide bonds. The van der Waals surface area contributed by atoms with Gasteiger partial charge in [-0.25, -0.2) is 0 Å². The zero-order valence-corrected chi connectivity index (χ0v) is 37.6. The highest BCUT2D eigenvalue weighted by atomic mass is 28.3. The Morgan fingerprint density at radius 2 is 0.679 bits per heavy atom. The molecule has 2 aliphatic rings. The van der Waals surface area contributed by atoms with Crippen LogP contribution in [0.4, 0.5) is 0 Å². The second-order valence-electron chi connectivity index (χ2n) is 21.7. The van der Waals surface area contributed by atoms with Gasteiger partial charge in [-0.15, -0.1) is 0 Å². The van der Waals surface area contributed by atoms with Crippen LogP contribution in [0.25, 0.3) is 34.4 Å². The Morgan fingerprint density at radius 3 is 0.943 bits per heavy atom. The highest BCUT2D eigenvalue weighted by Gasteiger charge is 2.47. The first-order chi connectivity index (χ1) is 24.2. The van der Waals surface area contributed by atoms with Crippen LogP contribution in [0.3, 0.4) is 0 Å². The van der Waals surface area contributed by atoms with Crippen molar-refractivity contribution in [2.75, 3.05) is 0 Å². The summed E-state index contributed by atoms with van der Waals surface area (Å²) in [5.74, 6) is 0. The molecule has 2 aliphatic carbocycles. The van der Waals surface area contributed by atoms with Gasteiger partial charge in [0.1, 0.15) is 0 Å². The van der Waals surface area contributed by atoms with Gasteiger partial charge in [0, 0.05) is 11.1 Å². The second-order valence-corrected chi connectivity index (χ2v) is 26.5. The lowest BCUT2D eigenvalue weighted by atomic mass is 9.78. The van der Waals surface area contributed by atoms with E-state index in [4.69, 9.17) is 0 Å². The van der Waals surface area contributed by atoms with Crippen molar-refractivity contribution >= 4 is 20.2 Å². The molecule has 0 aromatic heterocycles. The van der Waals surface area contributed by atoms with E-state index in [-0.39, 0.29) is 21.7 Å². The number of benzene rings is 4. The molecule has 4 aromatic carbocycles. The molecule has 1 heteroatoms. The summed E-state index contributed by atoms with van der Waals surface area (Å²) in [6.07, 6.45) is 5.12. The third-order valence-corrected chi connectivity index (χ3v) is 16.9. The molecule has 0 radical (unpaired) electrons. The minimum atomic E-state index is -2.06. The van der Waals surface area contributed by atoms with Crippen molar-refractivity contribution in [3.05, 3.63) is 127 Å². The van der Waals surface area contributed by atoms with Gasteiger partial charge in [0.05, 0.1) is 8.07 Å². The van der Waals surface area contributed by atoms with Crippen LogP contribution >= 0.6 is 0 Å². The summed E-state index contributed by atoms with van der Waals surface area (Å²) in [5, 5.41) is 0. The zero-order chi connectivity index (χ0) is 39.4. The predicted octanol–water partition coefficient (Wildman–Crippen LogP) is 15.3. The van der Waals surface area contributed by atoms with Crippen molar-refractivity contribution in [3.63, 3.8) is 0 Å². The maximum Gasteiger partial charge on any atom is 0.0722 e. The summed E-state index contributed by atoms with van der Waals surface area (Å²) >= 11 is 0. The van der Waals surface area contributed by atoms with E-state index in [0.29, 0.717) is 11.1 Å². The minimum Gasteiger partial charge on any atom is -0.0679 e. The Labute approximate surface area is 325 Å². The first kappa shape index (κ1) is 39.3. The van der Waals surface area contributed by atoms with Crippen molar-refractivity contribution in [3.8, 4) is 22.3 Å². The molecular formula is C52H68Si. The molecule has 0 heterocycles. The summed E-state index contributed by atoms with van der Waals surface area (Å²) in [6.45, 7) is 43.0. The van der Waals surface area contributed by atoms with Gasteiger partial charge in [-0.05, 0) is 116 Å². The number of rotatable bonds is 4. The van der Waals surface area contributed by atoms with Crippen molar-refractivity contribution in [1.82, 2.24) is 0 Å². The SMILES string of the molecule is CC1=Cc2c(-c3cc(C(C)(C)C)cc(C(C)(C)C)c3)cc(C)cc2C1[Si](C)(C)C1C(C)=Cc2c(-c3cc(C(C)(C)C)cc(C(C)(C)C)c3)cc(C)cc21. The molecule has 4 aromatic rings. The molecular weight excluding hydrogens is 653 g/mol. The fourth-order valence-corrected chi connectivity index (χ4v) is 14.4. The number of hydrogen-bond acceptors (Lipinski definition) is 0. The predicted molar refractivity (Wildman–Crippen MR) is 238 cm³/mol. The smallest absolute Gasteiger partial charge is 0.0679 e. The van der Waals surface area contributed by atoms with E-state index in [1.54, 1.807) is 11.1 Å². The Bertz CT molecular complexity index is 1950. The molecule has 6 rings (SSSR count). The molecule has 0 saturated carbocycles. The van der Waals surface area contributed by atoms with Gasteiger partial charge < -0.3 is 0 Å². The fourth-order valence-electron chi connectivity index (χ4n) is 9.48. The fraction of sp³-hybridized carbons (Fsp3) is 0.462. The van der Waals surface area contributed by atoms with E-state index in [0.717, 1.165) is 0 Å². The summed E-state index contributed by atoms with van der Waals surface area (Å²) in [4.78, 5) is 0. The topological polar surface area (TPSA) is 0 Å². The number of allylic oxidation sites excluding steroid dienone is 2. The Hall–Kier alpha value is -3.42. The van der Waals surface area contributed by atoms with E-state index in [2.05, 4.69) is 197 Å². The van der Waals surface area contributed by atoms with Gasteiger partial charge in [0.15, 0.2) is 0 Å². The molecule has 0 aliphatic heterocycles. The van der Waals surface area contributed by atoms with E-state index >= 15 is 0 Å². The number of hydrogen-bond donors (Lipinski definition) is 0. The lowest BCUT2D eigenvalue weighted by Gasteiger charge is -2.39.